The molecule has 0 saturated heterocycles. The number of rotatable bonds is 6. The molecule has 0 aliphatic carbocycles. The van der Waals surface area contributed by atoms with Crippen LogP contribution in [0, 0.1) is 0 Å². The van der Waals surface area contributed by atoms with Gasteiger partial charge in [0, 0.05) is 17.2 Å². The lowest BCUT2D eigenvalue weighted by atomic mass is 10.0. The summed E-state index contributed by atoms with van der Waals surface area (Å²) in [4.78, 5) is 30.6. The van der Waals surface area contributed by atoms with E-state index in [1.165, 1.54) is 7.11 Å². The smallest absolute Gasteiger partial charge is 0.333 e. The van der Waals surface area contributed by atoms with Crippen molar-refractivity contribution in [3.63, 3.8) is 0 Å². The molecule has 1 amide bonds. The largest absolute Gasteiger partial charge is 0.467 e. The number of pyridine rings is 1. The quantitative estimate of drug-likeness (QED) is 0.425. The number of aromatic nitrogens is 1. The van der Waals surface area contributed by atoms with Gasteiger partial charge in [-0.3, -0.25) is 4.79 Å². The van der Waals surface area contributed by atoms with Crippen molar-refractivity contribution in [2.24, 2.45) is 0 Å². The molecule has 0 spiro atoms. The fraction of sp³-hybridized carbons (Fsp3) is 0.115. The lowest BCUT2D eigenvalue weighted by Crippen LogP contribution is -2.35. The van der Waals surface area contributed by atoms with Gasteiger partial charge in [0.2, 0.25) is 0 Å². The van der Waals surface area contributed by atoms with E-state index in [9.17, 15) is 18.0 Å². The third-order valence-corrected chi connectivity index (χ3v) is 6.48. The molecule has 0 fully saturated rings. The Morgan fingerprint density at radius 2 is 1.47 bits per heavy atom. The second-order valence-electron chi connectivity index (χ2n) is 7.66. The van der Waals surface area contributed by atoms with Gasteiger partial charge < -0.3 is 10.1 Å². The van der Waals surface area contributed by atoms with E-state index in [-0.39, 0.29) is 16.2 Å². The van der Waals surface area contributed by atoms with Crippen molar-refractivity contribution >= 4 is 32.6 Å². The fourth-order valence-electron chi connectivity index (χ4n) is 3.82. The number of methoxy groups -OCH3 is 1. The van der Waals surface area contributed by atoms with Crippen molar-refractivity contribution in [2.45, 2.75) is 10.9 Å². The lowest BCUT2D eigenvalue weighted by molar-refractivity contribution is -0.143. The van der Waals surface area contributed by atoms with Crippen molar-refractivity contribution in [1.82, 2.24) is 10.3 Å². The summed E-state index contributed by atoms with van der Waals surface area (Å²) in [6.45, 7) is 0. The van der Waals surface area contributed by atoms with Crippen LogP contribution in [0.4, 0.5) is 0 Å². The summed E-state index contributed by atoms with van der Waals surface area (Å²) in [6, 6.07) is 23.1. The SMILES string of the molecule is COC(=O)C(NC(=O)c1c(S(C)(=O)=O)c(-c2ccccc2)nc2ccccc12)c1ccccc1. The summed E-state index contributed by atoms with van der Waals surface area (Å²) in [5, 5.41) is 3.04. The molecule has 0 aliphatic heterocycles. The number of nitrogens with zero attached hydrogens (tertiary/aromatic N) is 1. The highest BCUT2D eigenvalue weighted by molar-refractivity contribution is 7.91. The van der Waals surface area contributed by atoms with Crippen LogP contribution in [0.2, 0.25) is 0 Å². The minimum atomic E-state index is -3.91. The van der Waals surface area contributed by atoms with Gasteiger partial charge in [-0.1, -0.05) is 78.9 Å². The number of carbonyl (C=O) groups is 2. The second-order valence-corrected chi connectivity index (χ2v) is 9.61. The highest BCUT2D eigenvalue weighted by Gasteiger charge is 2.31. The summed E-state index contributed by atoms with van der Waals surface area (Å²) >= 11 is 0. The molecule has 0 radical (unpaired) electrons. The van der Waals surface area contributed by atoms with Gasteiger partial charge in [-0.15, -0.1) is 0 Å². The van der Waals surface area contributed by atoms with Crippen LogP contribution in [0.15, 0.2) is 89.8 Å². The summed E-state index contributed by atoms with van der Waals surface area (Å²) in [7, 11) is -2.69. The fourth-order valence-corrected chi connectivity index (χ4v) is 4.91. The van der Waals surface area contributed by atoms with Crippen LogP contribution < -0.4 is 5.32 Å². The van der Waals surface area contributed by atoms with Crippen LogP contribution in [0.1, 0.15) is 22.0 Å². The Morgan fingerprint density at radius 1 is 0.882 bits per heavy atom. The maximum Gasteiger partial charge on any atom is 0.333 e. The summed E-state index contributed by atoms with van der Waals surface area (Å²) in [5.41, 5.74) is 1.60. The van der Waals surface area contributed by atoms with Gasteiger partial charge in [-0.05, 0) is 11.6 Å². The van der Waals surface area contributed by atoms with Crippen molar-refractivity contribution in [3.05, 3.63) is 96.1 Å². The molecular formula is C26H22N2O5S. The van der Waals surface area contributed by atoms with E-state index in [0.29, 0.717) is 22.0 Å². The number of benzene rings is 3. The zero-order valence-corrected chi connectivity index (χ0v) is 19.4. The van der Waals surface area contributed by atoms with E-state index < -0.39 is 27.8 Å². The molecule has 8 heteroatoms. The summed E-state index contributed by atoms with van der Waals surface area (Å²) < 4.78 is 31.0. The van der Waals surface area contributed by atoms with Crippen LogP contribution >= 0.6 is 0 Å². The Morgan fingerprint density at radius 3 is 2.09 bits per heavy atom. The summed E-state index contributed by atoms with van der Waals surface area (Å²) in [6.07, 6.45) is 1.04. The average Bonchev–Trinajstić information content (AvgIpc) is 2.86. The molecule has 1 heterocycles. The number of hydrogen-bond acceptors (Lipinski definition) is 6. The number of sulfone groups is 1. The van der Waals surface area contributed by atoms with Crippen molar-refractivity contribution < 1.29 is 22.7 Å². The van der Waals surface area contributed by atoms with Gasteiger partial charge in [-0.25, -0.2) is 18.2 Å². The molecule has 7 nitrogen and oxygen atoms in total. The first kappa shape index (κ1) is 23.1. The van der Waals surface area contributed by atoms with E-state index in [2.05, 4.69) is 10.3 Å². The normalized spacial score (nSPS) is 12.2. The maximum atomic E-state index is 13.7. The van der Waals surface area contributed by atoms with Crippen molar-refractivity contribution in [1.29, 1.82) is 0 Å². The standard InChI is InChI=1S/C26H22N2O5S/c1-33-26(30)23(18-13-7-4-8-14-18)28-25(29)21-19-15-9-10-16-20(19)27-22(24(21)34(2,31)32)17-11-5-3-6-12-17/h3-16,23H,1-2H3,(H,28,29). The van der Waals surface area contributed by atoms with E-state index >= 15 is 0 Å². The van der Waals surface area contributed by atoms with Gasteiger partial charge in [0.1, 0.15) is 4.90 Å². The Bertz CT molecular complexity index is 1470. The summed E-state index contributed by atoms with van der Waals surface area (Å²) in [5.74, 6) is -1.41. The molecule has 0 aliphatic rings. The van der Waals surface area contributed by atoms with Crippen LogP contribution in [-0.4, -0.2) is 38.6 Å². The minimum absolute atomic E-state index is 0.0724. The number of esters is 1. The van der Waals surface area contributed by atoms with Crippen LogP contribution in [0.3, 0.4) is 0 Å². The molecule has 1 atom stereocenters. The van der Waals surface area contributed by atoms with Gasteiger partial charge in [-0.2, -0.15) is 0 Å². The van der Waals surface area contributed by atoms with Gasteiger partial charge in [0.05, 0.1) is 23.9 Å². The molecule has 3 aromatic carbocycles. The Kier molecular flexibility index (Phi) is 6.43. The molecular weight excluding hydrogens is 452 g/mol. The second kappa shape index (κ2) is 9.44. The Balaban J connectivity index is 1.97. The van der Waals surface area contributed by atoms with Crippen LogP contribution in [0.25, 0.3) is 22.2 Å². The molecule has 4 aromatic rings. The predicted octanol–water partition coefficient (Wildman–Crippen LogP) is 3.95. The Labute approximate surface area is 197 Å². The van der Waals surface area contributed by atoms with Gasteiger partial charge in [0.25, 0.3) is 5.91 Å². The lowest BCUT2D eigenvalue weighted by Gasteiger charge is -2.20. The molecule has 0 saturated carbocycles. The zero-order chi connectivity index (χ0) is 24.3. The molecule has 1 N–H and O–H groups in total. The number of hydrogen-bond donors (Lipinski definition) is 1. The van der Waals surface area contributed by atoms with Crippen molar-refractivity contribution in [2.75, 3.05) is 13.4 Å². The first-order valence-corrected chi connectivity index (χ1v) is 12.3. The minimum Gasteiger partial charge on any atom is -0.467 e. The third-order valence-electron chi connectivity index (χ3n) is 5.34. The molecule has 172 valence electrons. The highest BCUT2D eigenvalue weighted by atomic mass is 32.2. The van der Waals surface area contributed by atoms with Crippen molar-refractivity contribution in [3.8, 4) is 11.3 Å². The molecule has 1 aromatic heterocycles. The van der Waals surface area contributed by atoms with Crippen LogP contribution in [-0.2, 0) is 19.4 Å². The monoisotopic (exact) mass is 474 g/mol. The number of ether oxygens (including phenoxy) is 1. The number of fused-ring (bicyclic) bond motifs is 1. The van der Waals surface area contributed by atoms with E-state index in [1.54, 1.807) is 84.9 Å². The third kappa shape index (κ3) is 4.53. The van der Waals surface area contributed by atoms with Crippen LogP contribution in [0.5, 0.6) is 0 Å². The number of nitrogens with one attached hydrogen (secondary N) is 1. The molecule has 4 rings (SSSR count). The van der Waals surface area contributed by atoms with Gasteiger partial charge in [0.15, 0.2) is 15.9 Å². The topological polar surface area (TPSA) is 102 Å². The molecule has 34 heavy (non-hydrogen) atoms. The number of amides is 1. The van der Waals surface area contributed by atoms with E-state index in [1.807, 2.05) is 0 Å². The Hall–Kier alpha value is -4.04. The number of carbonyl (C=O) groups excluding carboxylic acids is 2. The van der Waals surface area contributed by atoms with E-state index in [0.717, 1.165) is 6.26 Å². The zero-order valence-electron chi connectivity index (χ0n) is 18.6. The average molecular weight is 475 g/mol. The first-order chi connectivity index (χ1) is 16.3. The maximum absolute atomic E-state index is 13.7. The first-order valence-electron chi connectivity index (χ1n) is 10.4. The molecule has 1 unspecified atom stereocenters. The number of para-hydroxylation sites is 1. The predicted molar refractivity (Wildman–Crippen MR) is 129 cm³/mol. The van der Waals surface area contributed by atoms with Gasteiger partial charge >= 0.3 is 5.97 Å². The van der Waals surface area contributed by atoms with E-state index in [4.69, 9.17) is 4.74 Å². The highest BCUT2D eigenvalue weighted by Crippen LogP contribution is 2.34. The molecule has 0 bridgehead atoms.